The topological polar surface area (TPSA) is 55.8 Å². The first-order valence-corrected chi connectivity index (χ1v) is 13.5. The van der Waals surface area contributed by atoms with Crippen molar-refractivity contribution in [2.24, 2.45) is 0 Å². The number of hydrogen-bond donors (Lipinski definition) is 1. The van der Waals surface area contributed by atoms with Crippen LogP contribution in [0.15, 0.2) is 57.7 Å². The average molecular weight is 421 g/mol. The van der Waals surface area contributed by atoms with Crippen molar-refractivity contribution in [1.82, 2.24) is 0 Å². The molecule has 2 rings (SSSR count). The molecule has 0 bridgehead atoms. The minimum atomic E-state index is -1.68. The molecule has 154 valence electrons. The number of carbonyl (C=O) groups excluding carboxylic acids is 1. The second-order valence-electron chi connectivity index (χ2n) is 7.13. The number of ether oxygens (including phenoxy) is 2. The van der Waals surface area contributed by atoms with Crippen LogP contribution in [0, 0.1) is 0 Å². The highest BCUT2D eigenvalue weighted by Crippen LogP contribution is 2.40. The maximum absolute atomic E-state index is 11.1. The molecule has 0 saturated carbocycles. The number of rotatable bonds is 9. The fourth-order valence-corrected chi connectivity index (χ4v) is 9.80. The summed E-state index contributed by atoms with van der Waals surface area (Å²) in [6.45, 7) is 8.44. The van der Waals surface area contributed by atoms with Crippen LogP contribution in [-0.4, -0.2) is 38.0 Å². The van der Waals surface area contributed by atoms with E-state index in [-0.39, 0.29) is 24.4 Å². The highest BCUT2D eigenvalue weighted by molar-refractivity contribution is 8.05. The molecule has 4 nitrogen and oxygen atoms in total. The normalized spacial score (nSPS) is 20.6. The van der Waals surface area contributed by atoms with Crippen molar-refractivity contribution in [1.29, 1.82) is 0 Å². The van der Waals surface area contributed by atoms with E-state index in [1.54, 1.807) is 17.8 Å². The zero-order chi connectivity index (χ0) is 20.6. The number of esters is 1. The molecule has 1 N–H and O–H groups in total. The van der Waals surface area contributed by atoms with Gasteiger partial charge in [0.15, 0.2) is 0 Å². The molecule has 1 aromatic rings. The number of benzene rings is 1. The lowest BCUT2D eigenvalue weighted by molar-refractivity contribution is -0.146. The van der Waals surface area contributed by atoms with Gasteiger partial charge in [0.2, 0.25) is 0 Å². The fraction of sp³-hybridized carbons (Fsp3) is 0.500. The van der Waals surface area contributed by atoms with Gasteiger partial charge in [-0.2, -0.15) is 0 Å². The molecule has 1 heterocycles. The summed E-state index contributed by atoms with van der Waals surface area (Å²) >= 11 is 1.80. The summed E-state index contributed by atoms with van der Waals surface area (Å²) < 4.78 is 12.5. The van der Waals surface area contributed by atoms with Crippen LogP contribution in [0.1, 0.15) is 34.1 Å². The van der Waals surface area contributed by atoms with E-state index in [0.29, 0.717) is 6.42 Å². The van der Waals surface area contributed by atoms with Crippen LogP contribution in [-0.2, 0) is 14.3 Å². The minimum absolute atomic E-state index is 0.211. The molecule has 28 heavy (non-hydrogen) atoms. The van der Waals surface area contributed by atoms with E-state index >= 15 is 0 Å². The van der Waals surface area contributed by atoms with Gasteiger partial charge in [-0.3, -0.25) is 4.79 Å². The van der Waals surface area contributed by atoms with E-state index in [9.17, 15) is 9.90 Å². The molecule has 0 aliphatic carbocycles. The quantitative estimate of drug-likeness (QED) is 0.307. The Hall–Kier alpha value is -1.50. The third-order valence-corrected chi connectivity index (χ3v) is 13.3. The summed E-state index contributed by atoms with van der Waals surface area (Å²) in [7, 11) is -1.68. The monoisotopic (exact) mass is 420 g/mol. The van der Waals surface area contributed by atoms with Crippen molar-refractivity contribution >= 4 is 25.8 Å². The van der Waals surface area contributed by atoms with Crippen LogP contribution in [0.3, 0.4) is 0 Å². The Morgan fingerprint density at radius 1 is 1.25 bits per heavy atom. The molecule has 1 aliphatic heterocycles. The molecule has 6 heteroatoms. The lowest BCUT2D eigenvalue weighted by Gasteiger charge is -2.33. The van der Waals surface area contributed by atoms with Crippen molar-refractivity contribution in [2.75, 3.05) is 6.61 Å². The molecule has 1 aliphatic rings. The molecule has 0 radical (unpaired) electrons. The summed E-state index contributed by atoms with van der Waals surface area (Å²) in [6.07, 6.45) is 3.73. The van der Waals surface area contributed by atoms with Crippen molar-refractivity contribution in [2.45, 2.75) is 69.4 Å². The molecule has 0 aromatic heterocycles. The maximum atomic E-state index is 11.1. The Bertz CT molecular complexity index is 689. The van der Waals surface area contributed by atoms with Gasteiger partial charge in [-0.05, 0) is 35.2 Å². The molecule has 0 unspecified atom stereocenters. The van der Waals surface area contributed by atoms with Crippen molar-refractivity contribution in [3.63, 3.8) is 0 Å². The largest absolute Gasteiger partial charge is 0.510 e. The summed E-state index contributed by atoms with van der Waals surface area (Å²) in [5.74, 6) is -0.0689. The molecule has 2 atom stereocenters. The van der Waals surface area contributed by atoms with Gasteiger partial charge in [-0.25, -0.2) is 0 Å². The molecular formula is C22H32O4SSi. The molecule has 0 spiro atoms. The lowest BCUT2D eigenvalue weighted by atomic mass is 10.1. The highest BCUT2D eigenvalue weighted by atomic mass is 32.2. The van der Waals surface area contributed by atoms with Crippen molar-refractivity contribution in [3.8, 4) is 0 Å². The Kier molecular flexibility index (Phi) is 8.85. The zero-order valence-corrected chi connectivity index (χ0v) is 19.1. The van der Waals surface area contributed by atoms with E-state index in [1.165, 1.54) is 16.3 Å². The lowest BCUT2D eigenvalue weighted by Crippen LogP contribution is -2.36. The Morgan fingerprint density at radius 3 is 2.46 bits per heavy atom. The molecule has 1 aromatic carbocycles. The van der Waals surface area contributed by atoms with Gasteiger partial charge in [-0.1, -0.05) is 68.9 Å². The number of hydrogen-bond acceptors (Lipinski definition) is 5. The fourth-order valence-electron chi connectivity index (χ4n) is 3.49. The summed E-state index contributed by atoms with van der Waals surface area (Å²) in [5.41, 5.74) is 0. The summed E-state index contributed by atoms with van der Waals surface area (Å²) in [5, 5.41) is 10.5. The predicted molar refractivity (Wildman–Crippen MR) is 118 cm³/mol. The third kappa shape index (κ3) is 6.00. The minimum Gasteiger partial charge on any atom is -0.510 e. The number of aliphatic hydroxyl groups is 1. The predicted octanol–water partition coefficient (Wildman–Crippen LogP) is 5.87. The van der Waals surface area contributed by atoms with E-state index in [0.717, 1.165) is 18.1 Å². The van der Waals surface area contributed by atoms with E-state index < -0.39 is 14.2 Å². The van der Waals surface area contributed by atoms with Gasteiger partial charge in [0, 0.05) is 11.8 Å². The molecule has 0 fully saturated rings. The van der Waals surface area contributed by atoms with Gasteiger partial charge >= 0.3 is 5.97 Å². The standard InChI is InChI=1S/C22H32O4SSi/c1-5-28(6-2,7-3)22(27-19-11-9-8-10-12-19)15-21-20(24)14-13-18(26-21)16-25-17(4)23/h8-12,14-15,18,21,24H,5-7,13,16H2,1-4H3/b22-15+/t18-,21+/m0/s1. The number of aliphatic hydroxyl groups excluding tert-OH is 1. The van der Waals surface area contributed by atoms with Gasteiger partial charge in [0.05, 0.1) is 14.2 Å². The first-order chi connectivity index (χ1) is 13.4. The Balaban J connectivity index is 2.32. The highest BCUT2D eigenvalue weighted by Gasteiger charge is 2.34. The van der Waals surface area contributed by atoms with Crippen LogP contribution >= 0.6 is 11.8 Å². The van der Waals surface area contributed by atoms with E-state index in [4.69, 9.17) is 9.47 Å². The summed E-state index contributed by atoms with van der Waals surface area (Å²) in [6, 6.07) is 13.8. The Labute approximate surface area is 174 Å². The Morgan fingerprint density at radius 2 is 1.89 bits per heavy atom. The van der Waals surface area contributed by atoms with Crippen LogP contribution in [0.25, 0.3) is 0 Å². The van der Waals surface area contributed by atoms with Gasteiger partial charge < -0.3 is 14.6 Å². The number of thioether (sulfide) groups is 1. The van der Waals surface area contributed by atoms with Crippen molar-refractivity contribution in [3.05, 3.63) is 52.8 Å². The maximum Gasteiger partial charge on any atom is 0.302 e. The zero-order valence-electron chi connectivity index (χ0n) is 17.3. The second-order valence-corrected chi connectivity index (χ2v) is 13.8. The van der Waals surface area contributed by atoms with Crippen LogP contribution in [0.4, 0.5) is 0 Å². The van der Waals surface area contributed by atoms with Crippen LogP contribution in [0.5, 0.6) is 0 Å². The third-order valence-electron chi connectivity index (χ3n) is 5.52. The van der Waals surface area contributed by atoms with E-state index in [1.807, 2.05) is 6.07 Å². The first kappa shape index (κ1) is 22.8. The molecular weight excluding hydrogens is 388 g/mol. The SMILES string of the molecule is CC[Si](CC)(CC)/C(=C/[C@H]1O[C@H](COC(C)=O)CC=C1O)Sc1ccccc1. The average Bonchev–Trinajstić information content (AvgIpc) is 2.71. The van der Waals surface area contributed by atoms with E-state index in [2.05, 4.69) is 51.1 Å². The van der Waals surface area contributed by atoms with Crippen LogP contribution < -0.4 is 0 Å². The molecule has 0 amide bonds. The second kappa shape index (κ2) is 10.9. The summed E-state index contributed by atoms with van der Waals surface area (Å²) in [4.78, 5) is 12.3. The first-order valence-electron chi connectivity index (χ1n) is 10.1. The van der Waals surface area contributed by atoms with Gasteiger partial charge in [0.25, 0.3) is 0 Å². The van der Waals surface area contributed by atoms with Gasteiger partial charge in [-0.15, -0.1) is 0 Å². The number of carbonyl (C=O) groups is 1. The van der Waals surface area contributed by atoms with Crippen LogP contribution in [0.2, 0.25) is 18.1 Å². The van der Waals surface area contributed by atoms with Crippen molar-refractivity contribution < 1.29 is 19.4 Å². The van der Waals surface area contributed by atoms with Gasteiger partial charge in [0.1, 0.15) is 18.5 Å². The molecule has 0 saturated heterocycles. The smallest absolute Gasteiger partial charge is 0.302 e.